The quantitative estimate of drug-likeness (QED) is 0.566. The standard InChI is InChI=1S/C20H23N3O4S/c24-23(25)17-8-9-18(19(14-17)28(26,27)22-12-4-5-13-22)21-15-20(10-11-20)16-6-2-1-3-7-16/h1-3,6-9,14,21H,4-5,10-13,15H2. The molecule has 0 atom stereocenters. The van der Waals surface area contributed by atoms with E-state index >= 15 is 0 Å². The number of non-ortho nitro benzene ring substituents is 1. The van der Waals surface area contributed by atoms with Crippen molar-refractivity contribution in [2.24, 2.45) is 0 Å². The van der Waals surface area contributed by atoms with E-state index in [1.807, 2.05) is 18.2 Å². The van der Waals surface area contributed by atoms with Crippen LogP contribution in [0.3, 0.4) is 0 Å². The van der Waals surface area contributed by atoms with Gasteiger partial charge in [0, 0.05) is 37.2 Å². The molecule has 0 aromatic heterocycles. The van der Waals surface area contributed by atoms with E-state index in [2.05, 4.69) is 17.4 Å². The predicted octanol–water partition coefficient (Wildman–Crippen LogP) is 3.52. The van der Waals surface area contributed by atoms with Crippen LogP contribution in [0.4, 0.5) is 11.4 Å². The van der Waals surface area contributed by atoms with E-state index in [-0.39, 0.29) is 16.0 Å². The summed E-state index contributed by atoms with van der Waals surface area (Å²) in [5.74, 6) is 0. The maximum atomic E-state index is 13.1. The molecule has 1 saturated heterocycles. The van der Waals surface area contributed by atoms with Gasteiger partial charge < -0.3 is 5.32 Å². The average Bonchev–Trinajstić information content (AvgIpc) is 3.28. The Kier molecular flexibility index (Phi) is 4.84. The van der Waals surface area contributed by atoms with Crippen LogP contribution in [0.25, 0.3) is 0 Å². The van der Waals surface area contributed by atoms with Crippen molar-refractivity contribution in [3.63, 3.8) is 0 Å². The Hall–Kier alpha value is -2.45. The first-order chi connectivity index (χ1) is 13.4. The molecule has 4 rings (SSSR count). The van der Waals surface area contributed by atoms with Gasteiger partial charge in [-0.15, -0.1) is 0 Å². The zero-order chi connectivity index (χ0) is 19.8. The summed E-state index contributed by atoms with van der Waals surface area (Å²) in [5.41, 5.74) is 1.44. The molecule has 0 radical (unpaired) electrons. The monoisotopic (exact) mass is 401 g/mol. The fraction of sp³-hybridized carbons (Fsp3) is 0.400. The molecular weight excluding hydrogens is 378 g/mol. The lowest BCUT2D eigenvalue weighted by Gasteiger charge is -2.21. The molecule has 0 unspecified atom stereocenters. The summed E-state index contributed by atoms with van der Waals surface area (Å²) in [5, 5.41) is 14.5. The highest BCUT2D eigenvalue weighted by molar-refractivity contribution is 7.89. The highest BCUT2D eigenvalue weighted by Crippen LogP contribution is 2.48. The number of benzene rings is 2. The predicted molar refractivity (Wildman–Crippen MR) is 107 cm³/mol. The smallest absolute Gasteiger partial charge is 0.270 e. The molecule has 0 bridgehead atoms. The van der Waals surface area contributed by atoms with Gasteiger partial charge in [-0.2, -0.15) is 4.31 Å². The summed E-state index contributed by atoms with van der Waals surface area (Å²) >= 11 is 0. The molecule has 28 heavy (non-hydrogen) atoms. The lowest BCUT2D eigenvalue weighted by molar-refractivity contribution is -0.385. The van der Waals surface area contributed by atoms with E-state index in [1.165, 1.54) is 28.1 Å². The third kappa shape index (κ3) is 3.49. The van der Waals surface area contributed by atoms with Crippen molar-refractivity contribution in [1.82, 2.24) is 4.31 Å². The van der Waals surface area contributed by atoms with Crippen molar-refractivity contribution in [3.05, 3.63) is 64.2 Å². The third-order valence-corrected chi connectivity index (χ3v) is 7.65. The SMILES string of the molecule is O=[N+]([O-])c1ccc(NCC2(c3ccccc3)CC2)c(S(=O)(=O)N2CCCC2)c1. The topological polar surface area (TPSA) is 92.5 Å². The van der Waals surface area contributed by atoms with Crippen molar-refractivity contribution in [1.29, 1.82) is 0 Å². The van der Waals surface area contributed by atoms with Gasteiger partial charge in [-0.05, 0) is 37.3 Å². The van der Waals surface area contributed by atoms with Crippen LogP contribution in [0.5, 0.6) is 0 Å². The number of nitro groups is 1. The van der Waals surface area contributed by atoms with Gasteiger partial charge in [-0.1, -0.05) is 30.3 Å². The lowest BCUT2D eigenvalue weighted by Crippen LogP contribution is -2.29. The zero-order valence-corrected chi connectivity index (χ0v) is 16.3. The van der Waals surface area contributed by atoms with Gasteiger partial charge in [0.15, 0.2) is 0 Å². The molecule has 1 saturated carbocycles. The Morgan fingerprint density at radius 3 is 2.36 bits per heavy atom. The normalized spacial score (nSPS) is 18.7. The van der Waals surface area contributed by atoms with Crippen molar-refractivity contribution >= 4 is 21.4 Å². The molecule has 1 N–H and O–H groups in total. The Morgan fingerprint density at radius 2 is 1.75 bits per heavy atom. The number of sulfonamides is 1. The van der Waals surface area contributed by atoms with Crippen molar-refractivity contribution in [3.8, 4) is 0 Å². The Balaban J connectivity index is 1.64. The van der Waals surface area contributed by atoms with E-state index in [0.717, 1.165) is 25.7 Å². The van der Waals surface area contributed by atoms with Crippen LogP contribution in [0.2, 0.25) is 0 Å². The molecule has 0 amide bonds. The molecule has 2 fully saturated rings. The van der Waals surface area contributed by atoms with Crippen LogP contribution < -0.4 is 5.32 Å². The van der Waals surface area contributed by atoms with Crippen LogP contribution in [-0.4, -0.2) is 37.3 Å². The summed E-state index contributed by atoms with van der Waals surface area (Å²) in [6, 6.07) is 14.2. The second kappa shape index (κ2) is 7.18. The van der Waals surface area contributed by atoms with Gasteiger partial charge in [0.25, 0.3) is 5.69 Å². The van der Waals surface area contributed by atoms with Crippen LogP contribution in [-0.2, 0) is 15.4 Å². The van der Waals surface area contributed by atoms with Crippen molar-refractivity contribution in [2.45, 2.75) is 36.0 Å². The lowest BCUT2D eigenvalue weighted by atomic mass is 9.96. The highest BCUT2D eigenvalue weighted by Gasteiger charge is 2.44. The molecule has 2 aromatic carbocycles. The number of hydrogen-bond donors (Lipinski definition) is 1. The fourth-order valence-electron chi connectivity index (χ4n) is 3.83. The molecule has 1 aliphatic heterocycles. The molecule has 1 aliphatic carbocycles. The zero-order valence-electron chi connectivity index (χ0n) is 15.5. The largest absolute Gasteiger partial charge is 0.383 e. The summed E-state index contributed by atoms with van der Waals surface area (Å²) < 4.78 is 27.6. The van der Waals surface area contributed by atoms with Crippen molar-refractivity contribution < 1.29 is 13.3 Å². The van der Waals surface area contributed by atoms with Gasteiger partial charge in [0.1, 0.15) is 4.90 Å². The first kappa shape index (κ1) is 18.9. The summed E-state index contributed by atoms with van der Waals surface area (Å²) in [4.78, 5) is 10.6. The maximum absolute atomic E-state index is 13.1. The van der Waals surface area contributed by atoms with Gasteiger partial charge in [0.2, 0.25) is 10.0 Å². The van der Waals surface area contributed by atoms with Gasteiger partial charge in [-0.25, -0.2) is 8.42 Å². The van der Waals surface area contributed by atoms with Crippen LogP contribution in [0.15, 0.2) is 53.4 Å². The fourth-order valence-corrected chi connectivity index (χ4v) is 5.53. The summed E-state index contributed by atoms with van der Waals surface area (Å²) in [6.45, 7) is 1.51. The molecule has 7 nitrogen and oxygen atoms in total. The third-order valence-electron chi connectivity index (χ3n) is 5.72. The van der Waals surface area contributed by atoms with E-state index in [0.29, 0.717) is 25.3 Å². The minimum absolute atomic E-state index is 0.00227. The number of nitrogens with zero attached hydrogens (tertiary/aromatic N) is 2. The Bertz CT molecular complexity index is 982. The summed E-state index contributed by atoms with van der Waals surface area (Å²) in [7, 11) is -3.77. The van der Waals surface area contributed by atoms with E-state index in [4.69, 9.17) is 0 Å². The number of nitro benzene ring substituents is 1. The minimum atomic E-state index is -3.77. The Morgan fingerprint density at radius 1 is 1.07 bits per heavy atom. The van der Waals surface area contributed by atoms with Gasteiger partial charge in [-0.3, -0.25) is 10.1 Å². The van der Waals surface area contributed by atoms with E-state index in [1.54, 1.807) is 0 Å². The molecular formula is C20H23N3O4S. The van der Waals surface area contributed by atoms with Gasteiger partial charge in [0.05, 0.1) is 10.6 Å². The maximum Gasteiger partial charge on any atom is 0.270 e. The van der Waals surface area contributed by atoms with E-state index < -0.39 is 14.9 Å². The number of nitrogens with one attached hydrogen (secondary N) is 1. The van der Waals surface area contributed by atoms with Crippen LogP contribution in [0.1, 0.15) is 31.2 Å². The first-order valence-corrected chi connectivity index (χ1v) is 10.9. The first-order valence-electron chi connectivity index (χ1n) is 9.50. The minimum Gasteiger partial charge on any atom is -0.383 e. The summed E-state index contributed by atoms with van der Waals surface area (Å²) in [6.07, 6.45) is 3.69. The molecule has 2 aromatic rings. The van der Waals surface area contributed by atoms with Crippen LogP contribution >= 0.6 is 0 Å². The molecule has 8 heteroatoms. The van der Waals surface area contributed by atoms with E-state index in [9.17, 15) is 18.5 Å². The Labute approximate surface area is 164 Å². The molecule has 0 spiro atoms. The number of anilines is 1. The van der Waals surface area contributed by atoms with Crippen molar-refractivity contribution in [2.75, 3.05) is 25.0 Å². The second-order valence-electron chi connectivity index (χ2n) is 7.55. The average molecular weight is 401 g/mol. The molecule has 148 valence electrons. The van der Waals surface area contributed by atoms with Gasteiger partial charge >= 0.3 is 0 Å². The molecule has 2 aliphatic rings. The number of rotatable bonds is 7. The molecule has 1 heterocycles. The number of hydrogen-bond acceptors (Lipinski definition) is 5. The van der Waals surface area contributed by atoms with Crippen LogP contribution in [0, 0.1) is 10.1 Å². The highest BCUT2D eigenvalue weighted by atomic mass is 32.2. The second-order valence-corrected chi connectivity index (χ2v) is 9.46.